The number of carboxylic acids is 1. The van der Waals surface area contributed by atoms with Gasteiger partial charge in [-0.05, 0) is 17.9 Å². The summed E-state index contributed by atoms with van der Waals surface area (Å²) in [5.74, 6) is -0.796. The molecule has 1 unspecified atom stereocenters. The molecule has 2 aromatic rings. The molecule has 2 N–H and O–H groups in total. The van der Waals surface area contributed by atoms with E-state index in [0.717, 1.165) is 22.0 Å². The van der Waals surface area contributed by atoms with Crippen molar-refractivity contribution in [3.8, 4) is 9.88 Å². The Hall–Kier alpha value is -1.24. The molecule has 2 aromatic heterocycles. The summed E-state index contributed by atoms with van der Waals surface area (Å²) in [6.07, 6.45) is 1.48. The molecule has 2 rings (SSSR count). The maximum atomic E-state index is 11.0. The van der Waals surface area contributed by atoms with E-state index in [1.54, 1.807) is 22.7 Å². The van der Waals surface area contributed by atoms with Gasteiger partial charge in [0.15, 0.2) is 0 Å². The van der Waals surface area contributed by atoms with E-state index < -0.39 is 12.0 Å². The van der Waals surface area contributed by atoms with E-state index in [0.29, 0.717) is 13.0 Å². The lowest BCUT2D eigenvalue weighted by molar-refractivity contribution is -0.139. The molecule has 0 aliphatic carbocycles. The Morgan fingerprint density at radius 2 is 2.37 bits per heavy atom. The van der Waals surface area contributed by atoms with Crippen molar-refractivity contribution in [2.24, 2.45) is 0 Å². The molecule has 0 spiro atoms. The number of carbonyl (C=O) groups is 1. The van der Waals surface area contributed by atoms with Gasteiger partial charge in [0.1, 0.15) is 11.0 Å². The molecule has 1 atom stereocenters. The SMILES string of the molecule is CCCC(NCc1csc(-c2cccs2)n1)C(=O)O. The summed E-state index contributed by atoms with van der Waals surface area (Å²) < 4.78 is 0. The molecule has 0 aliphatic heterocycles. The predicted octanol–water partition coefficient (Wildman–Crippen LogP) is 3.21. The molecule has 4 nitrogen and oxygen atoms in total. The summed E-state index contributed by atoms with van der Waals surface area (Å²) in [4.78, 5) is 16.7. The third-order valence-electron chi connectivity index (χ3n) is 2.69. The predicted molar refractivity (Wildman–Crippen MR) is 78.6 cm³/mol. The minimum absolute atomic E-state index is 0.489. The summed E-state index contributed by atoms with van der Waals surface area (Å²) in [5.41, 5.74) is 0.899. The Kier molecular flexibility index (Phi) is 5.07. The minimum Gasteiger partial charge on any atom is -0.480 e. The normalized spacial score (nSPS) is 12.5. The molecule has 2 heterocycles. The minimum atomic E-state index is -0.796. The molecular weight excluding hydrogens is 280 g/mol. The highest BCUT2D eigenvalue weighted by Crippen LogP contribution is 2.27. The van der Waals surface area contributed by atoms with E-state index in [4.69, 9.17) is 5.11 Å². The lowest BCUT2D eigenvalue weighted by atomic mass is 10.1. The number of nitrogens with zero attached hydrogens (tertiary/aromatic N) is 1. The van der Waals surface area contributed by atoms with Crippen molar-refractivity contribution in [2.45, 2.75) is 32.4 Å². The second-order valence-electron chi connectivity index (χ2n) is 4.18. The molecular formula is C13H16N2O2S2. The van der Waals surface area contributed by atoms with Crippen LogP contribution in [0.1, 0.15) is 25.5 Å². The van der Waals surface area contributed by atoms with Gasteiger partial charge in [-0.15, -0.1) is 22.7 Å². The molecule has 0 amide bonds. The van der Waals surface area contributed by atoms with Crippen LogP contribution in [0.4, 0.5) is 0 Å². The number of carboxylic acid groups (broad SMARTS) is 1. The first-order chi connectivity index (χ1) is 9.20. The average Bonchev–Trinajstić information content (AvgIpc) is 3.04. The molecule has 0 fully saturated rings. The van der Waals surface area contributed by atoms with E-state index in [2.05, 4.69) is 10.3 Å². The van der Waals surface area contributed by atoms with Gasteiger partial charge in [-0.3, -0.25) is 10.1 Å². The van der Waals surface area contributed by atoms with Gasteiger partial charge in [0.05, 0.1) is 10.6 Å². The van der Waals surface area contributed by atoms with Crippen LogP contribution in [0.2, 0.25) is 0 Å². The van der Waals surface area contributed by atoms with Crippen LogP contribution in [0.25, 0.3) is 9.88 Å². The molecule has 0 radical (unpaired) electrons. The average molecular weight is 296 g/mol. The number of rotatable bonds is 7. The number of thiazole rings is 1. The van der Waals surface area contributed by atoms with Crippen molar-refractivity contribution in [2.75, 3.05) is 0 Å². The summed E-state index contributed by atoms with van der Waals surface area (Å²) in [5, 5.41) is 17.1. The fourth-order valence-electron chi connectivity index (χ4n) is 1.73. The summed E-state index contributed by atoms with van der Waals surface area (Å²) in [6.45, 7) is 2.48. The quantitative estimate of drug-likeness (QED) is 0.823. The summed E-state index contributed by atoms with van der Waals surface area (Å²) >= 11 is 3.25. The number of hydrogen-bond acceptors (Lipinski definition) is 5. The number of hydrogen-bond donors (Lipinski definition) is 2. The van der Waals surface area contributed by atoms with Gasteiger partial charge in [-0.2, -0.15) is 0 Å². The fraction of sp³-hybridized carbons (Fsp3) is 0.385. The number of thiophene rings is 1. The first-order valence-corrected chi connectivity index (χ1v) is 7.91. The first kappa shape index (κ1) is 14.2. The zero-order valence-corrected chi connectivity index (χ0v) is 12.3. The standard InChI is InChI=1S/C13H16N2O2S2/c1-2-4-10(13(16)17)14-7-9-8-19-12(15-9)11-5-3-6-18-11/h3,5-6,8,10,14H,2,4,7H2,1H3,(H,16,17). The van der Waals surface area contributed by atoms with Gasteiger partial charge in [0.25, 0.3) is 0 Å². The van der Waals surface area contributed by atoms with Crippen LogP contribution < -0.4 is 5.32 Å². The van der Waals surface area contributed by atoms with Crippen molar-refractivity contribution < 1.29 is 9.90 Å². The van der Waals surface area contributed by atoms with Crippen molar-refractivity contribution >= 4 is 28.6 Å². The highest BCUT2D eigenvalue weighted by molar-refractivity contribution is 7.20. The van der Waals surface area contributed by atoms with Crippen LogP contribution in [0.5, 0.6) is 0 Å². The second-order valence-corrected chi connectivity index (χ2v) is 5.99. The van der Waals surface area contributed by atoms with Gasteiger partial charge in [0, 0.05) is 11.9 Å². The molecule has 0 aliphatic rings. The zero-order valence-electron chi connectivity index (χ0n) is 10.6. The zero-order chi connectivity index (χ0) is 13.7. The number of aromatic nitrogens is 1. The lowest BCUT2D eigenvalue weighted by Crippen LogP contribution is -2.36. The maximum absolute atomic E-state index is 11.0. The first-order valence-electron chi connectivity index (χ1n) is 6.15. The Bertz CT molecular complexity index is 522. The van der Waals surface area contributed by atoms with Crippen LogP contribution >= 0.6 is 22.7 Å². The van der Waals surface area contributed by atoms with Gasteiger partial charge >= 0.3 is 5.97 Å². The largest absolute Gasteiger partial charge is 0.480 e. The lowest BCUT2D eigenvalue weighted by Gasteiger charge is -2.11. The van der Waals surface area contributed by atoms with Crippen LogP contribution in [0, 0.1) is 0 Å². The van der Waals surface area contributed by atoms with Crippen LogP contribution in [-0.4, -0.2) is 22.1 Å². The van der Waals surface area contributed by atoms with Crippen LogP contribution in [0.15, 0.2) is 22.9 Å². The van der Waals surface area contributed by atoms with Crippen LogP contribution in [-0.2, 0) is 11.3 Å². The summed E-state index contributed by atoms with van der Waals surface area (Å²) in [6, 6.07) is 3.55. The fourth-order valence-corrected chi connectivity index (χ4v) is 3.36. The van der Waals surface area contributed by atoms with Crippen molar-refractivity contribution in [1.82, 2.24) is 10.3 Å². The molecule has 0 aromatic carbocycles. The van der Waals surface area contributed by atoms with Gasteiger partial charge in [0.2, 0.25) is 0 Å². The van der Waals surface area contributed by atoms with Gasteiger partial charge in [-0.25, -0.2) is 4.98 Å². The maximum Gasteiger partial charge on any atom is 0.320 e. The van der Waals surface area contributed by atoms with Gasteiger partial charge < -0.3 is 5.11 Å². The van der Waals surface area contributed by atoms with Crippen LogP contribution in [0.3, 0.4) is 0 Å². The van der Waals surface area contributed by atoms with Gasteiger partial charge in [-0.1, -0.05) is 19.4 Å². The van der Waals surface area contributed by atoms with E-state index in [1.807, 2.05) is 29.8 Å². The molecule has 19 heavy (non-hydrogen) atoms. The molecule has 6 heteroatoms. The summed E-state index contributed by atoms with van der Waals surface area (Å²) in [7, 11) is 0. The Labute approximate surface area is 120 Å². The van der Waals surface area contributed by atoms with Crippen molar-refractivity contribution in [1.29, 1.82) is 0 Å². The second kappa shape index (κ2) is 6.79. The monoisotopic (exact) mass is 296 g/mol. The highest BCUT2D eigenvalue weighted by atomic mass is 32.1. The smallest absolute Gasteiger partial charge is 0.320 e. The number of nitrogens with one attached hydrogen (secondary N) is 1. The number of aliphatic carboxylic acids is 1. The topological polar surface area (TPSA) is 62.2 Å². The third kappa shape index (κ3) is 3.86. The van der Waals surface area contributed by atoms with E-state index in [1.165, 1.54) is 0 Å². The Morgan fingerprint density at radius 3 is 3.00 bits per heavy atom. The van der Waals surface area contributed by atoms with Crippen molar-refractivity contribution in [3.05, 3.63) is 28.6 Å². The molecule has 0 saturated heterocycles. The molecule has 0 bridgehead atoms. The van der Waals surface area contributed by atoms with E-state index in [9.17, 15) is 4.79 Å². The Balaban J connectivity index is 1.95. The van der Waals surface area contributed by atoms with Crippen molar-refractivity contribution in [3.63, 3.8) is 0 Å². The third-order valence-corrected chi connectivity index (χ3v) is 4.62. The Morgan fingerprint density at radius 1 is 1.53 bits per heavy atom. The molecule has 102 valence electrons. The van der Waals surface area contributed by atoms with E-state index >= 15 is 0 Å². The molecule has 0 saturated carbocycles. The van der Waals surface area contributed by atoms with E-state index in [-0.39, 0.29) is 0 Å². The highest BCUT2D eigenvalue weighted by Gasteiger charge is 2.16.